The van der Waals surface area contributed by atoms with Crippen LogP contribution < -0.4 is 5.32 Å². The Hall–Kier alpha value is -1.39. The second-order valence-electron chi connectivity index (χ2n) is 5.66. The highest BCUT2D eigenvalue weighted by molar-refractivity contribution is 5.76. The van der Waals surface area contributed by atoms with Crippen molar-refractivity contribution in [1.82, 2.24) is 10.2 Å². The first-order valence-corrected chi connectivity index (χ1v) is 7.86. The second-order valence-corrected chi connectivity index (χ2v) is 5.66. The number of rotatable bonds is 7. The van der Waals surface area contributed by atoms with Crippen molar-refractivity contribution in [3.05, 3.63) is 35.9 Å². The molecule has 1 atom stereocenters. The zero-order chi connectivity index (χ0) is 14.9. The van der Waals surface area contributed by atoms with Crippen molar-refractivity contribution < 1.29 is 9.53 Å². The van der Waals surface area contributed by atoms with Gasteiger partial charge < -0.3 is 15.0 Å². The lowest BCUT2D eigenvalue weighted by molar-refractivity contribution is -0.133. The molecular formula is C17H26N2O2. The molecule has 1 aromatic rings. The van der Waals surface area contributed by atoms with E-state index >= 15 is 0 Å². The molecule has 21 heavy (non-hydrogen) atoms. The van der Waals surface area contributed by atoms with Crippen LogP contribution >= 0.6 is 0 Å². The van der Waals surface area contributed by atoms with Gasteiger partial charge in [0.1, 0.15) is 0 Å². The zero-order valence-electron chi connectivity index (χ0n) is 12.9. The maximum Gasteiger partial charge on any atom is 0.224 e. The number of hydrogen-bond donors (Lipinski definition) is 1. The molecule has 4 heteroatoms. The van der Waals surface area contributed by atoms with Crippen LogP contribution in [0.2, 0.25) is 0 Å². The number of hydrogen-bond acceptors (Lipinski definition) is 3. The van der Waals surface area contributed by atoms with Crippen LogP contribution in [0.4, 0.5) is 0 Å². The molecule has 0 aromatic heterocycles. The van der Waals surface area contributed by atoms with E-state index in [-0.39, 0.29) is 12.0 Å². The molecule has 1 aromatic carbocycles. The molecule has 0 bridgehead atoms. The molecular weight excluding hydrogens is 264 g/mol. The third-order valence-corrected chi connectivity index (χ3v) is 3.88. The van der Waals surface area contributed by atoms with Crippen molar-refractivity contribution in [3.8, 4) is 0 Å². The van der Waals surface area contributed by atoms with Crippen LogP contribution in [-0.4, -0.2) is 50.2 Å². The standard InChI is InChI=1S/C17H26N2O2/c1-19(17(20)13-16-14-18-10-12-21-16)11-6-5-9-15-7-3-2-4-8-15/h2-4,7-8,16,18H,5-6,9-14H2,1H3. The van der Waals surface area contributed by atoms with E-state index in [1.54, 1.807) is 0 Å². The molecule has 0 spiro atoms. The normalized spacial score (nSPS) is 18.4. The summed E-state index contributed by atoms with van der Waals surface area (Å²) in [5.74, 6) is 0.184. The molecule has 1 heterocycles. The third kappa shape index (κ3) is 5.86. The van der Waals surface area contributed by atoms with Crippen molar-refractivity contribution in [2.24, 2.45) is 0 Å². The minimum Gasteiger partial charge on any atom is -0.375 e. The number of unbranched alkanes of at least 4 members (excludes halogenated alkanes) is 1. The van der Waals surface area contributed by atoms with E-state index in [4.69, 9.17) is 4.74 Å². The minimum atomic E-state index is 0.0398. The van der Waals surface area contributed by atoms with Gasteiger partial charge in [-0.3, -0.25) is 4.79 Å². The Morgan fingerprint density at radius 2 is 2.14 bits per heavy atom. The third-order valence-electron chi connectivity index (χ3n) is 3.88. The van der Waals surface area contributed by atoms with E-state index in [2.05, 4.69) is 29.6 Å². The van der Waals surface area contributed by atoms with Crippen LogP contribution in [-0.2, 0) is 16.0 Å². The summed E-state index contributed by atoms with van der Waals surface area (Å²) < 4.78 is 5.57. The van der Waals surface area contributed by atoms with Crippen LogP contribution in [0.3, 0.4) is 0 Å². The summed E-state index contributed by atoms with van der Waals surface area (Å²) in [6, 6.07) is 10.5. The molecule has 1 N–H and O–H groups in total. The molecule has 1 aliphatic rings. The van der Waals surface area contributed by atoms with Gasteiger partial charge in [0.05, 0.1) is 19.1 Å². The molecule has 0 radical (unpaired) electrons. The fourth-order valence-electron chi connectivity index (χ4n) is 2.55. The van der Waals surface area contributed by atoms with Crippen LogP contribution in [0.1, 0.15) is 24.8 Å². The average molecular weight is 290 g/mol. The molecule has 1 unspecified atom stereocenters. The Morgan fingerprint density at radius 1 is 1.33 bits per heavy atom. The number of ether oxygens (including phenoxy) is 1. The number of benzene rings is 1. The van der Waals surface area contributed by atoms with Gasteiger partial charge in [0.15, 0.2) is 0 Å². The van der Waals surface area contributed by atoms with Gasteiger partial charge in [0, 0.05) is 26.7 Å². The quantitative estimate of drug-likeness (QED) is 0.779. The summed E-state index contributed by atoms with van der Waals surface area (Å²) in [6.07, 6.45) is 3.77. The van der Waals surface area contributed by atoms with Crippen molar-refractivity contribution in [1.29, 1.82) is 0 Å². The Kier molecular flexibility index (Phi) is 6.70. The van der Waals surface area contributed by atoms with Gasteiger partial charge in [-0.05, 0) is 24.8 Å². The lowest BCUT2D eigenvalue weighted by Gasteiger charge is -2.25. The minimum absolute atomic E-state index is 0.0398. The summed E-state index contributed by atoms with van der Waals surface area (Å²) in [5.41, 5.74) is 1.37. The maximum absolute atomic E-state index is 12.1. The highest BCUT2D eigenvalue weighted by Crippen LogP contribution is 2.07. The first-order chi connectivity index (χ1) is 10.3. The van der Waals surface area contributed by atoms with Gasteiger partial charge >= 0.3 is 0 Å². The molecule has 1 amide bonds. The Balaban J connectivity index is 1.60. The Labute approximate surface area is 127 Å². The predicted molar refractivity (Wildman–Crippen MR) is 84.2 cm³/mol. The molecule has 116 valence electrons. The van der Waals surface area contributed by atoms with Crippen LogP contribution in [0, 0.1) is 0 Å². The Morgan fingerprint density at radius 3 is 2.86 bits per heavy atom. The number of nitrogens with one attached hydrogen (secondary N) is 1. The number of morpholine rings is 1. The van der Waals surface area contributed by atoms with Crippen molar-refractivity contribution in [2.45, 2.75) is 31.8 Å². The number of amides is 1. The SMILES string of the molecule is CN(CCCCc1ccccc1)C(=O)CC1CNCCO1. The highest BCUT2D eigenvalue weighted by atomic mass is 16.5. The largest absolute Gasteiger partial charge is 0.375 e. The first kappa shape index (κ1) is 16.0. The van der Waals surface area contributed by atoms with Crippen LogP contribution in [0.15, 0.2) is 30.3 Å². The van der Waals surface area contributed by atoms with Crippen LogP contribution in [0.5, 0.6) is 0 Å². The summed E-state index contributed by atoms with van der Waals surface area (Å²) in [6.45, 7) is 3.21. The van der Waals surface area contributed by atoms with Gasteiger partial charge in [0.25, 0.3) is 0 Å². The molecule has 2 rings (SSSR count). The monoisotopic (exact) mass is 290 g/mol. The first-order valence-electron chi connectivity index (χ1n) is 7.86. The number of carbonyl (C=O) groups is 1. The van der Waals surface area contributed by atoms with E-state index in [9.17, 15) is 4.79 Å². The summed E-state index contributed by atoms with van der Waals surface area (Å²) in [4.78, 5) is 13.9. The molecule has 4 nitrogen and oxygen atoms in total. The van der Waals surface area contributed by atoms with E-state index in [1.165, 1.54) is 5.56 Å². The molecule has 0 aliphatic carbocycles. The van der Waals surface area contributed by atoms with Crippen molar-refractivity contribution in [3.63, 3.8) is 0 Å². The van der Waals surface area contributed by atoms with E-state index in [0.717, 1.165) is 38.9 Å². The number of carbonyl (C=O) groups excluding carboxylic acids is 1. The van der Waals surface area contributed by atoms with Gasteiger partial charge in [-0.15, -0.1) is 0 Å². The topological polar surface area (TPSA) is 41.6 Å². The maximum atomic E-state index is 12.1. The summed E-state index contributed by atoms with van der Waals surface area (Å²) in [7, 11) is 1.89. The van der Waals surface area contributed by atoms with E-state index < -0.39 is 0 Å². The van der Waals surface area contributed by atoms with Gasteiger partial charge in [-0.1, -0.05) is 30.3 Å². The summed E-state index contributed by atoms with van der Waals surface area (Å²) >= 11 is 0. The average Bonchev–Trinajstić information content (AvgIpc) is 2.53. The van der Waals surface area contributed by atoms with Gasteiger partial charge in [-0.2, -0.15) is 0 Å². The fraction of sp³-hybridized carbons (Fsp3) is 0.588. The molecule has 0 saturated carbocycles. The van der Waals surface area contributed by atoms with E-state index in [1.807, 2.05) is 18.0 Å². The van der Waals surface area contributed by atoms with Crippen molar-refractivity contribution >= 4 is 5.91 Å². The number of aryl methyl sites for hydroxylation is 1. The summed E-state index contributed by atoms with van der Waals surface area (Å²) in [5, 5.41) is 3.25. The Bertz CT molecular complexity index is 416. The van der Waals surface area contributed by atoms with Crippen molar-refractivity contribution in [2.75, 3.05) is 33.3 Å². The van der Waals surface area contributed by atoms with Gasteiger partial charge in [-0.25, -0.2) is 0 Å². The lowest BCUT2D eigenvalue weighted by atomic mass is 10.1. The second kappa shape index (κ2) is 8.80. The zero-order valence-corrected chi connectivity index (χ0v) is 12.9. The predicted octanol–water partition coefficient (Wildman–Crippen LogP) is 1.85. The molecule has 1 saturated heterocycles. The smallest absolute Gasteiger partial charge is 0.224 e. The fourth-order valence-corrected chi connectivity index (χ4v) is 2.55. The molecule has 1 fully saturated rings. The lowest BCUT2D eigenvalue weighted by Crippen LogP contribution is -2.41. The number of nitrogens with zero attached hydrogens (tertiary/aromatic N) is 1. The van der Waals surface area contributed by atoms with Gasteiger partial charge in [0.2, 0.25) is 5.91 Å². The van der Waals surface area contributed by atoms with E-state index in [0.29, 0.717) is 13.0 Å². The highest BCUT2D eigenvalue weighted by Gasteiger charge is 2.19. The van der Waals surface area contributed by atoms with Crippen LogP contribution in [0.25, 0.3) is 0 Å². The molecule has 1 aliphatic heterocycles.